The molecule has 0 heterocycles. The van der Waals surface area contributed by atoms with Crippen molar-refractivity contribution < 1.29 is 51.4 Å². The first-order chi connectivity index (χ1) is 7.54. The van der Waals surface area contributed by atoms with Crippen molar-refractivity contribution in [2.45, 2.75) is 26.5 Å². The third-order valence-corrected chi connectivity index (χ3v) is 3.54. The predicted molar refractivity (Wildman–Crippen MR) is 72.4 cm³/mol. The summed E-state index contributed by atoms with van der Waals surface area (Å²) < 4.78 is 0.405. The van der Waals surface area contributed by atoms with Crippen LogP contribution in [0.15, 0.2) is 17.1 Å². The molecule has 0 aliphatic rings. The minimum Gasteiger partial charge on any atom is -0.752 e. The van der Waals surface area contributed by atoms with Crippen LogP contribution in [0, 0.1) is 32.2 Å². The van der Waals surface area contributed by atoms with Crippen LogP contribution in [0.2, 0.25) is 0 Å². The van der Waals surface area contributed by atoms with Gasteiger partial charge in [-0.15, -0.1) is 11.8 Å². The van der Waals surface area contributed by atoms with Crippen molar-refractivity contribution in [3.63, 3.8) is 0 Å². The van der Waals surface area contributed by atoms with E-state index in [2.05, 4.69) is 37.9 Å². The second-order valence-corrected chi connectivity index (χ2v) is 5.25. The Labute approximate surface area is 155 Å². The van der Waals surface area contributed by atoms with Crippen molar-refractivity contribution in [2.24, 2.45) is 4.99 Å². The molecule has 0 atom stereocenters. The summed E-state index contributed by atoms with van der Waals surface area (Å²) in [5.74, 6) is 0.780. The van der Waals surface area contributed by atoms with E-state index >= 15 is 0 Å². The largest absolute Gasteiger partial charge is 1.00 e. The Hall–Kier alpha value is 0.586. The molecule has 17 heavy (non-hydrogen) atoms. The summed E-state index contributed by atoms with van der Waals surface area (Å²) in [5.41, 5.74) is 5.09. The number of aliphatic imine (C=N–C) groups is 1. The molecule has 1 aromatic rings. The van der Waals surface area contributed by atoms with Crippen molar-refractivity contribution >= 4 is 28.8 Å². The normalized spacial score (nSPS) is 10.6. The molecule has 0 saturated carbocycles. The molecular formula is C12H13KN2S2. The quantitative estimate of drug-likeness (QED) is 0.257. The van der Waals surface area contributed by atoms with E-state index in [1.165, 1.54) is 34.0 Å². The van der Waals surface area contributed by atoms with E-state index in [9.17, 15) is 0 Å². The molecule has 0 aliphatic heterocycles. The maximum absolute atomic E-state index is 8.36. The number of aryl methyl sites for hydroxylation is 3. The van der Waals surface area contributed by atoms with Crippen LogP contribution in [0.4, 0.5) is 0 Å². The number of nitriles is 1. The van der Waals surface area contributed by atoms with Gasteiger partial charge in [0.15, 0.2) is 0 Å². The molecule has 0 radical (unpaired) electrons. The molecule has 84 valence electrons. The molecule has 0 spiro atoms. The van der Waals surface area contributed by atoms with E-state index in [1.54, 1.807) is 6.19 Å². The molecule has 0 aromatic heterocycles. The zero-order valence-electron chi connectivity index (χ0n) is 10.6. The Morgan fingerprint density at radius 3 is 2.35 bits per heavy atom. The molecule has 1 aromatic carbocycles. The zero-order valence-corrected chi connectivity index (χ0v) is 15.3. The maximum Gasteiger partial charge on any atom is 1.00 e. The average Bonchev–Trinajstić information content (AvgIpc) is 2.16. The Bertz CT molecular complexity index is 441. The van der Waals surface area contributed by atoms with E-state index in [-0.39, 0.29) is 51.4 Å². The van der Waals surface area contributed by atoms with Crippen LogP contribution in [0.3, 0.4) is 0 Å². The van der Waals surface area contributed by atoms with Crippen molar-refractivity contribution in [3.05, 3.63) is 34.4 Å². The molecule has 0 aliphatic carbocycles. The minimum absolute atomic E-state index is 0. The molecule has 0 bridgehead atoms. The predicted octanol–water partition coefficient (Wildman–Crippen LogP) is 0.233. The van der Waals surface area contributed by atoms with Gasteiger partial charge < -0.3 is 12.6 Å². The van der Waals surface area contributed by atoms with Gasteiger partial charge in [0.1, 0.15) is 0 Å². The summed E-state index contributed by atoms with van der Waals surface area (Å²) in [6, 6.07) is 4.32. The first-order valence-electron chi connectivity index (χ1n) is 4.88. The summed E-state index contributed by atoms with van der Waals surface area (Å²) in [4.78, 5) is 3.52. The standard InChI is InChI=1S/C12H14N2S2.K/c1-8-4-9(2)11(10(3)5-8)6-16-12(15)14-7-13;/h4-5H,6H2,1-3H3,(H,14,15);/q;+1/p-1. The number of hydrogen-bond acceptors (Lipinski definition) is 4. The zero-order chi connectivity index (χ0) is 12.1. The van der Waals surface area contributed by atoms with Gasteiger partial charge in [-0.2, -0.15) is 10.3 Å². The van der Waals surface area contributed by atoms with Crippen LogP contribution in [0.1, 0.15) is 22.3 Å². The number of rotatable bonds is 2. The topological polar surface area (TPSA) is 36.1 Å². The van der Waals surface area contributed by atoms with Crippen LogP contribution in [0.25, 0.3) is 0 Å². The third kappa shape index (κ3) is 5.84. The molecule has 0 saturated heterocycles. The molecule has 2 nitrogen and oxygen atoms in total. The van der Waals surface area contributed by atoms with E-state index < -0.39 is 0 Å². The first-order valence-corrected chi connectivity index (χ1v) is 6.27. The average molecular weight is 288 g/mol. The molecular weight excluding hydrogens is 275 g/mol. The monoisotopic (exact) mass is 288 g/mol. The van der Waals surface area contributed by atoms with Gasteiger partial charge in [-0.25, -0.2) is 0 Å². The van der Waals surface area contributed by atoms with E-state index in [1.807, 2.05) is 0 Å². The van der Waals surface area contributed by atoms with Crippen LogP contribution in [0.5, 0.6) is 0 Å². The summed E-state index contributed by atoms with van der Waals surface area (Å²) in [6.07, 6.45) is 1.71. The first kappa shape index (κ1) is 17.6. The second kappa shape index (κ2) is 8.65. The molecule has 0 fully saturated rings. The van der Waals surface area contributed by atoms with Crippen LogP contribution < -0.4 is 51.4 Å². The van der Waals surface area contributed by atoms with Crippen LogP contribution in [-0.2, 0) is 18.4 Å². The van der Waals surface area contributed by atoms with Gasteiger partial charge in [0.05, 0.1) is 0 Å². The van der Waals surface area contributed by atoms with Gasteiger partial charge >= 0.3 is 51.4 Å². The summed E-state index contributed by atoms with van der Waals surface area (Å²) in [7, 11) is 0. The Morgan fingerprint density at radius 2 is 1.88 bits per heavy atom. The third-order valence-electron chi connectivity index (χ3n) is 2.32. The molecule has 0 amide bonds. The molecule has 0 unspecified atom stereocenters. The fourth-order valence-electron chi connectivity index (χ4n) is 1.64. The fourth-order valence-corrected chi connectivity index (χ4v) is 2.69. The maximum atomic E-state index is 8.36. The van der Waals surface area contributed by atoms with Gasteiger partial charge in [0, 0.05) is 5.75 Å². The smallest absolute Gasteiger partial charge is 0.752 e. The van der Waals surface area contributed by atoms with Crippen LogP contribution in [-0.4, -0.2) is 4.38 Å². The summed E-state index contributed by atoms with van der Waals surface area (Å²) in [5, 5.41) is 8.36. The Morgan fingerprint density at radius 1 is 1.35 bits per heavy atom. The minimum atomic E-state index is 0. The van der Waals surface area contributed by atoms with Crippen molar-refractivity contribution in [3.8, 4) is 6.19 Å². The molecule has 5 heteroatoms. The van der Waals surface area contributed by atoms with Crippen molar-refractivity contribution in [1.82, 2.24) is 0 Å². The number of benzene rings is 1. The van der Waals surface area contributed by atoms with Gasteiger partial charge in [-0.1, -0.05) is 17.7 Å². The number of hydrogen-bond donors (Lipinski definition) is 0. The Kier molecular flexibility index (Phi) is 8.95. The van der Waals surface area contributed by atoms with Crippen molar-refractivity contribution in [1.29, 1.82) is 5.26 Å². The SMILES string of the molecule is Cc1cc(C)c(CSC([S-])=NC#N)c(C)c1.[K+]. The van der Waals surface area contributed by atoms with Gasteiger partial charge in [-0.3, -0.25) is 0 Å². The van der Waals surface area contributed by atoms with E-state index in [0.717, 1.165) is 5.75 Å². The van der Waals surface area contributed by atoms with E-state index in [0.29, 0.717) is 4.38 Å². The van der Waals surface area contributed by atoms with Gasteiger partial charge in [-0.05, 0) is 41.8 Å². The Balaban J connectivity index is 0.00000256. The summed E-state index contributed by atoms with van der Waals surface area (Å²) in [6.45, 7) is 6.29. The van der Waals surface area contributed by atoms with Gasteiger partial charge in [0.2, 0.25) is 6.19 Å². The van der Waals surface area contributed by atoms with E-state index in [4.69, 9.17) is 17.9 Å². The fraction of sp³-hybridized carbons (Fsp3) is 0.333. The molecule has 0 N–H and O–H groups in total. The summed E-state index contributed by atoms with van der Waals surface area (Å²) >= 11 is 6.37. The molecule has 1 rings (SSSR count). The number of nitrogens with zero attached hydrogens (tertiary/aromatic N) is 2. The van der Waals surface area contributed by atoms with Crippen LogP contribution >= 0.6 is 11.8 Å². The van der Waals surface area contributed by atoms with Crippen molar-refractivity contribution in [2.75, 3.05) is 0 Å². The second-order valence-electron chi connectivity index (χ2n) is 3.64. The number of thioether (sulfide) groups is 1. The van der Waals surface area contributed by atoms with Gasteiger partial charge in [0.25, 0.3) is 0 Å².